The highest BCUT2D eigenvalue weighted by atomic mass is 16.2. The Morgan fingerprint density at radius 1 is 1.32 bits per heavy atom. The Hall–Kier alpha value is -1.68. The summed E-state index contributed by atoms with van der Waals surface area (Å²) in [5.41, 5.74) is 6.87. The molecule has 4 heteroatoms. The number of rotatable bonds is 6. The molecule has 0 spiro atoms. The number of likely N-dealkylation sites (N-methyl/N-ethyl adjacent to an activating group) is 1. The Bertz CT molecular complexity index is 417. The summed E-state index contributed by atoms with van der Waals surface area (Å²) in [5, 5.41) is 0. The molecule has 1 amide bonds. The number of nitrogens with zero attached hydrogens (tertiary/aromatic N) is 1. The molecular formula is C15H22N2O2. The van der Waals surface area contributed by atoms with Gasteiger partial charge in [-0.3, -0.25) is 4.79 Å². The molecule has 104 valence electrons. The minimum Gasteiger partial charge on any atom is -0.334 e. The van der Waals surface area contributed by atoms with Crippen molar-refractivity contribution >= 4 is 12.2 Å². The van der Waals surface area contributed by atoms with Gasteiger partial charge in [0.1, 0.15) is 6.29 Å². The fourth-order valence-electron chi connectivity index (χ4n) is 1.82. The summed E-state index contributed by atoms with van der Waals surface area (Å²) in [5.74, 6) is -0.137. The number of carbonyl (C=O) groups is 2. The number of benzene rings is 1. The van der Waals surface area contributed by atoms with Crippen molar-refractivity contribution in [3.63, 3.8) is 0 Å². The van der Waals surface area contributed by atoms with Gasteiger partial charge in [-0.05, 0) is 17.9 Å². The lowest BCUT2D eigenvalue weighted by molar-refractivity contribution is -0.136. The van der Waals surface area contributed by atoms with Crippen molar-refractivity contribution in [1.82, 2.24) is 4.90 Å². The summed E-state index contributed by atoms with van der Waals surface area (Å²) in [7, 11) is 1.63. The summed E-state index contributed by atoms with van der Waals surface area (Å²) in [6.45, 7) is 3.78. The van der Waals surface area contributed by atoms with Crippen LogP contribution in [0.25, 0.3) is 0 Å². The zero-order valence-electron chi connectivity index (χ0n) is 11.7. The van der Waals surface area contributed by atoms with E-state index in [2.05, 4.69) is 0 Å². The Morgan fingerprint density at radius 3 is 2.37 bits per heavy atom. The molecule has 0 aliphatic carbocycles. The van der Waals surface area contributed by atoms with Crippen LogP contribution < -0.4 is 5.73 Å². The van der Waals surface area contributed by atoms with Crippen LogP contribution in [0.3, 0.4) is 0 Å². The lowest BCUT2D eigenvalue weighted by atomic mass is 10.0. The van der Waals surface area contributed by atoms with Crippen molar-refractivity contribution in [2.24, 2.45) is 11.7 Å². The van der Waals surface area contributed by atoms with Gasteiger partial charge in [0, 0.05) is 7.05 Å². The predicted octanol–water partition coefficient (Wildman–Crippen LogP) is 1.24. The summed E-state index contributed by atoms with van der Waals surface area (Å²) >= 11 is 0. The summed E-state index contributed by atoms with van der Waals surface area (Å²) in [4.78, 5) is 24.8. The van der Waals surface area contributed by atoms with Gasteiger partial charge in [0.15, 0.2) is 0 Å². The van der Waals surface area contributed by atoms with E-state index in [9.17, 15) is 9.59 Å². The molecule has 0 aromatic heterocycles. The average molecular weight is 262 g/mol. The van der Waals surface area contributed by atoms with Gasteiger partial charge < -0.3 is 15.4 Å². The van der Waals surface area contributed by atoms with E-state index in [4.69, 9.17) is 5.73 Å². The van der Waals surface area contributed by atoms with Crippen molar-refractivity contribution in [3.8, 4) is 0 Å². The van der Waals surface area contributed by atoms with Crippen LogP contribution in [-0.2, 0) is 16.0 Å². The van der Waals surface area contributed by atoms with Crippen molar-refractivity contribution in [2.75, 3.05) is 7.05 Å². The number of amides is 1. The molecule has 19 heavy (non-hydrogen) atoms. The molecule has 0 radical (unpaired) electrons. The molecule has 0 aliphatic rings. The van der Waals surface area contributed by atoms with Gasteiger partial charge in [0.25, 0.3) is 0 Å². The van der Waals surface area contributed by atoms with E-state index in [-0.39, 0.29) is 11.8 Å². The fourth-order valence-corrected chi connectivity index (χ4v) is 1.82. The van der Waals surface area contributed by atoms with Gasteiger partial charge in [0.05, 0.1) is 12.1 Å². The molecule has 1 rings (SSSR count). The first-order valence-corrected chi connectivity index (χ1v) is 6.48. The second-order valence-corrected chi connectivity index (χ2v) is 5.11. The Kier molecular flexibility index (Phi) is 5.70. The predicted molar refractivity (Wildman–Crippen MR) is 75.6 cm³/mol. The molecule has 4 nitrogen and oxygen atoms in total. The molecule has 0 saturated heterocycles. The van der Waals surface area contributed by atoms with Crippen LogP contribution in [0, 0.1) is 5.92 Å². The van der Waals surface area contributed by atoms with Gasteiger partial charge in [-0.2, -0.15) is 0 Å². The Morgan fingerprint density at radius 2 is 1.89 bits per heavy atom. The number of aldehydes is 1. The van der Waals surface area contributed by atoms with Crippen LogP contribution in [0.1, 0.15) is 19.4 Å². The highest BCUT2D eigenvalue weighted by Gasteiger charge is 2.26. The number of hydrogen-bond acceptors (Lipinski definition) is 3. The number of carbonyl (C=O) groups excluding carboxylic acids is 2. The maximum atomic E-state index is 12.1. The summed E-state index contributed by atoms with van der Waals surface area (Å²) in [6.07, 6.45) is 1.31. The maximum Gasteiger partial charge on any atom is 0.240 e. The van der Waals surface area contributed by atoms with E-state index in [1.54, 1.807) is 7.05 Å². The molecule has 0 fully saturated rings. The van der Waals surface area contributed by atoms with Crippen LogP contribution in [-0.4, -0.2) is 36.2 Å². The molecule has 0 heterocycles. The highest BCUT2D eigenvalue weighted by Crippen LogP contribution is 2.09. The second-order valence-electron chi connectivity index (χ2n) is 5.11. The standard InChI is InChI=1S/C15H22N2O2/c1-11(2)14(16)15(19)17(3)13(10-18)9-12-7-5-4-6-8-12/h4-8,10-11,13-14H,9,16H2,1-3H3/t13?,14-/m0/s1. The number of hydrogen-bond donors (Lipinski definition) is 1. The van der Waals surface area contributed by atoms with E-state index in [1.807, 2.05) is 44.2 Å². The Labute approximate surface area is 114 Å². The third kappa shape index (κ3) is 4.17. The first kappa shape index (κ1) is 15.4. The van der Waals surface area contributed by atoms with Crippen LogP contribution >= 0.6 is 0 Å². The van der Waals surface area contributed by atoms with Crippen molar-refractivity contribution < 1.29 is 9.59 Å². The lowest BCUT2D eigenvalue weighted by Crippen LogP contribution is -2.49. The first-order valence-electron chi connectivity index (χ1n) is 6.48. The van der Waals surface area contributed by atoms with Crippen molar-refractivity contribution in [2.45, 2.75) is 32.4 Å². The van der Waals surface area contributed by atoms with E-state index >= 15 is 0 Å². The molecule has 1 aromatic carbocycles. The van der Waals surface area contributed by atoms with Crippen molar-refractivity contribution in [3.05, 3.63) is 35.9 Å². The first-order chi connectivity index (χ1) is 8.97. The van der Waals surface area contributed by atoms with Gasteiger partial charge >= 0.3 is 0 Å². The van der Waals surface area contributed by atoms with Crippen LogP contribution in [0.15, 0.2) is 30.3 Å². The van der Waals surface area contributed by atoms with E-state index < -0.39 is 12.1 Å². The van der Waals surface area contributed by atoms with Gasteiger partial charge in [0.2, 0.25) is 5.91 Å². The minimum absolute atomic E-state index is 0.0546. The summed E-state index contributed by atoms with van der Waals surface area (Å²) < 4.78 is 0. The van der Waals surface area contributed by atoms with E-state index in [0.717, 1.165) is 11.8 Å². The lowest BCUT2D eigenvalue weighted by Gasteiger charge is -2.28. The smallest absolute Gasteiger partial charge is 0.240 e. The molecule has 2 atom stereocenters. The quantitative estimate of drug-likeness (QED) is 0.784. The molecule has 0 bridgehead atoms. The maximum absolute atomic E-state index is 12.1. The van der Waals surface area contributed by atoms with Gasteiger partial charge in [-0.15, -0.1) is 0 Å². The average Bonchev–Trinajstić information content (AvgIpc) is 2.43. The van der Waals surface area contributed by atoms with Gasteiger partial charge in [-0.25, -0.2) is 0 Å². The molecule has 1 aromatic rings. The Balaban J connectivity index is 2.74. The second kappa shape index (κ2) is 7.04. The summed E-state index contributed by atoms with van der Waals surface area (Å²) in [6, 6.07) is 8.60. The molecular weight excluding hydrogens is 240 g/mol. The molecule has 1 unspecified atom stereocenters. The third-order valence-electron chi connectivity index (χ3n) is 3.29. The van der Waals surface area contributed by atoms with Gasteiger partial charge in [-0.1, -0.05) is 44.2 Å². The van der Waals surface area contributed by atoms with Crippen LogP contribution in [0.2, 0.25) is 0 Å². The number of nitrogens with two attached hydrogens (primary N) is 1. The normalized spacial score (nSPS) is 13.9. The largest absolute Gasteiger partial charge is 0.334 e. The fraction of sp³-hybridized carbons (Fsp3) is 0.467. The van der Waals surface area contributed by atoms with E-state index in [1.165, 1.54) is 4.90 Å². The highest BCUT2D eigenvalue weighted by molar-refractivity contribution is 5.84. The minimum atomic E-state index is -0.566. The topological polar surface area (TPSA) is 63.4 Å². The van der Waals surface area contributed by atoms with E-state index in [0.29, 0.717) is 6.42 Å². The molecule has 2 N–H and O–H groups in total. The molecule has 0 saturated carbocycles. The zero-order valence-corrected chi connectivity index (χ0v) is 11.7. The SMILES string of the molecule is CC(C)[C@H](N)C(=O)N(C)C(C=O)Cc1ccccc1. The van der Waals surface area contributed by atoms with Crippen LogP contribution in [0.4, 0.5) is 0 Å². The third-order valence-corrected chi connectivity index (χ3v) is 3.29. The van der Waals surface area contributed by atoms with Crippen molar-refractivity contribution in [1.29, 1.82) is 0 Å². The monoisotopic (exact) mass is 262 g/mol. The van der Waals surface area contributed by atoms with Crippen LogP contribution in [0.5, 0.6) is 0 Å². The zero-order chi connectivity index (χ0) is 14.4. The molecule has 0 aliphatic heterocycles.